The largest absolute Gasteiger partial charge is 0.445 e. The average molecular weight is 485 g/mol. The van der Waals surface area contributed by atoms with Crippen molar-refractivity contribution in [2.75, 3.05) is 11.5 Å². The number of carbonyl (C=O) groups is 1. The molecule has 1 aromatic heterocycles. The molecule has 12 nitrogen and oxygen atoms in total. The summed E-state index contributed by atoms with van der Waals surface area (Å²) in [6.07, 6.45) is -8.20. The lowest BCUT2D eigenvalue weighted by molar-refractivity contribution is -0.273. The highest BCUT2D eigenvalue weighted by molar-refractivity contribution is 7.51. The van der Waals surface area contributed by atoms with E-state index in [2.05, 4.69) is 15.6 Å². The first-order chi connectivity index (χ1) is 15.4. The third-order valence-corrected chi connectivity index (χ3v) is 5.79. The second-order valence-electron chi connectivity index (χ2n) is 8.12. The van der Waals surface area contributed by atoms with Gasteiger partial charge in [-0.1, -0.05) is 0 Å². The first-order valence-corrected chi connectivity index (χ1v) is 12.1. The van der Waals surface area contributed by atoms with Crippen LogP contribution in [0.1, 0.15) is 20.3 Å². The van der Waals surface area contributed by atoms with E-state index in [-0.39, 0.29) is 24.4 Å². The molecule has 13 heteroatoms. The van der Waals surface area contributed by atoms with Gasteiger partial charge in [-0.3, -0.25) is 4.57 Å². The Kier molecular flexibility index (Phi) is 7.91. The van der Waals surface area contributed by atoms with Crippen molar-refractivity contribution in [1.82, 2.24) is 10.3 Å². The SMILES string of the molecule is CC(C)NC(=O)Nc1ccc2nc(O[C@H]3O[C@H](CCP(=O)(O)O)[C@@H](O)[C@H](O)[C@@H]3O)ccc2c1. The molecule has 182 valence electrons. The zero-order valence-corrected chi connectivity index (χ0v) is 18.9. The highest BCUT2D eigenvalue weighted by atomic mass is 31.2. The fourth-order valence-corrected chi connectivity index (χ4v) is 3.94. The van der Waals surface area contributed by atoms with Gasteiger partial charge in [-0.2, -0.15) is 0 Å². The van der Waals surface area contributed by atoms with Gasteiger partial charge < -0.3 is 45.2 Å². The number of nitrogens with zero attached hydrogens (tertiary/aromatic N) is 1. The van der Waals surface area contributed by atoms with Gasteiger partial charge in [0.1, 0.15) is 18.3 Å². The molecule has 0 spiro atoms. The normalized spacial score (nSPS) is 25.8. The van der Waals surface area contributed by atoms with Crippen molar-refractivity contribution in [2.45, 2.75) is 57.0 Å². The number of pyridine rings is 1. The zero-order chi connectivity index (χ0) is 24.3. The summed E-state index contributed by atoms with van der Waals surface area (Å²) in [7, 11) is -4.35. The maximum Gasteiger partial charge on any atom is 0.325 e. The Morgan fingerprint density at radius 2 is 1.88 bits per heavy atom. The molecule has 0 unspecified atom stereocenters. The van der Waals surface area contributed by atoms with Crippen LogP contribution in [0, 0.1) is 0 Å². The summed E-state index contributed by atoms with van der Waals surface area (Å²) >= 11 is 0. The molecule has 2 amide bonds. The Balaban J connectivity index is 1.71. The standard InChI is InChI=1S/C20H28N3O9P/c1-10(2)21-20(27)22-12-4-5-13-11(9-12)3-6-15(23-13)32-19-18(26)17(25)16(24)14(31-19)7-8-33(28,29)30/h3-6,9-10,14,16-19,24-26H,7-8H2,1-2H3,(H2,21,22,27)(H2,28,29,30)/t14-,16-,17+,18+,19-/m1/s1. The number of anilines is 1. The lowest BCUT2D eigenvalue weighted by atomic mass is 9.97. The van der Waals surface area contributed by atoms with Crippen LogP contribution in [-0.2, 0) is 9.30 Å². The third kappa shape index (κ3) is 6.84. The van der Waals surface area contributed by atoms with Crippen LogP contribution in [0.15, 0.2) is 30.3 Å². The van der Waals surface area contributed by atoms with Crippen molar-refractivity contribution in [1.29, 1.82) is 0 Å². The van der Waals surface area contributed by atoms with Crippen LogP contribution in [0.2, 0.25) is 0 Å². The van der Waals surface area contributed by atoms with Crippen LogP contribution in [0.5, 0.6) is 5.88 Å². The summed E-state index contributed by atoms with van der Waals surface area (Å²) in [6.45, 7) is 3.69. The molecule has 2 aromatic rings. The van der Waals surface area contributed by atoms with E-state index in [1.807, 2.05) is 13.8 Å². The van der Waals surface area contributed by atoms with Gasteiger partial charge >= 0.3 is 13.6 Å². The van der Waals surface area contributed by atoms with Crippen molar-refractivity contribution >= 4 is 30.2 Å². The summed E-state index contributed by atoms with van der Waals surface area (Å²) in [5.41, 5.74) is 1.08. The topological polar surface area (TPSA) is 191 Å². The minimum absolute atomic E-state index is 0.0137. The smallest absolute Gasteiger partial charge is 0.325 e. The van der Waals surface area contributed by atoms with E-state index in [1.165, 1.54) is 6.07 Å². The van der Waals surface area contributed by atoms with Crippen LogP contribution < -0.4 is 15.4 Å². The van der Waals surface area contributed by atoms with Gasteiger partial charge in [0.25, 0.3) is 0 Å². The number of carbonyl (C=O) groups excluding carboxylic acids is 1. The highest BCUT2D eigenvalue weighted by Gasteiger charge is 2.45. The molecule has 33 heavy (non-hydrogen) atoms. The fourth-order valence-electron chi connectivity index (χ4n) is 3.35. The highest BCUT2D eigenvalue weighted by Crippen LogP contribution is 2.37. The maximum atomic E-state index is 11.9. The lowest BCUT2D eigenvalue weighted by Crippen LogP contribution is -2.59. The van der Waals surface area contributed by atoms with Crippen LogP contribution in [-0.4, -0.2) is 79.0 Å². The number of aliphatic hydroxyl groups excluding tert-OH is 3. The Morgan fingerprint density at radius 3 is 2.55 bits per heavy atom. The number of amides is 2. The van der Waals surface area contributed by atoms with Crippen molar-refractivity contribution < 1.29 is 43.9 Å². The second-order valence-corrected chi connectivity index (χ2v) is 9.90. The zero-order valence-electron chi connectivity index (χ0n) is 18.0. The van der Waals surface area contributed by atoms with E-state index in [4.69, 9.17) is 19.3 Å². The number of aliphatic hydroxyl groups is 3. The molecule has 1 aromatic carbocycles. The predicted octanol–water partition coefficient (Wildman–Crippen LogP) is 0.519. The van der Waals surface area contributed by atoms with Crippen LogP contribution >= 0.6 is 7.60 Å². The average Bonchev–Trinajstić information content (AvgIpc) is 2.72. The Labute approximate surface area is 189 Å². The molecule has 1 aliphatic heterocycles. The van der Waals surface area contributed by atoms with Gasteiger partial charge in [0.2, 0.25) is 12.2 Å². The van der Waals surface area contributed by atoms with E-state index in [0.717, 1.165) is 0 Å². The van der Waals surface area contributed by atoms with E-state index >= 15 is 0 Å². The van der Waals surface area contributed by atoms with E-state index in [1.54, 1.807) is 24.3 Å². The number of hydrogen-bond donors (Lipinski definition) is 7. The molecule has 0 aliphatic carbocycles. The first kappa shape index (κ1) is 25.3. The van der Waals surface area contributed by atoms with E-state index in [0.29, 0.717) is 16.6 Å². The number of urea groups is 1. The molecule has 1 fully saturated rings. The molecule has 3 rings (SSSR count). The predicted molar refractivity (Wildman–Crippen MR) is 118 cm³/mol. The van der Waals surface area contributed by atoms with Crippen molar-refractivity contribution in [3.8, 4) is 5.88 Å². The summed E-state index contributed by atoms with van der Waals surface area (Å²) < 4.78 is 22.2. The quantitative estimate of drug-likeness (QED) is 0.272. The van der Waals surface area contributed by atoms with Gasteiger partial charge in [0.15, 0.2) is 0 Å². The molecule has 1 aliphatic rings. The van der Waals surface area contributed by atoms with Gasteiger partial charge in [-0.05, 0) is 44.5 Å². The number of rotatable bonds is 7. The van der Waals surface area contributed by atoms with Gasteiger partial charge in [0.05, 0.1) is 17.8 Å². The molecule has 0 bridgehead atoms. The number of hydrogen-bond acceptors (Lipinski definition) is 8. The van der Waals surface area contributed by atoms with Crippen molar-refractivity contribution in [3.63, 3.8) is 0 Å². The van der Waals surface area contributed by atoms with Crippen LogP contribution in [0.25, 0.3) is 10.9 Å². The summed E-state index contributed by atoms with van der Waals surface area (Å²) in [5.74, 6) is 0.0575. The monoisotopic (exact) mass is 485 g/mol. The second kappa shape index (κ2) is 10.3. The Morgan fingerprint density at radius 1 is 1.15 bits per heavy atom. The molecule has 0 radical (unpaired) electrons. The molecule has 2 heterocycles. The van der Waals surface area contributed by atoms with E-state index < -0.39 is 44.5 Å². The Hall–Kier alpha value is -2.31. The Bertz CT molecular complexity index is 1030. The van der Waals surface area contributed by atoms with Crippen molar-refractivity contribution in [2.24, 2.45) is 0 Å². The van der Waals surface area contributed by atoms with Crippen LogP contribution in [0.4, 0.5) is 10.5 Å². The number of fused-ring (bicyclic) bond motifs is 1. The number of benzene rings is 1. The molecule has 1 saturated heterocycles. The summed E-state index contributed by atoms with van der Waals surface area (Å²) in [4.78, 5) is 34.3. The van der Waals surface area contributed by atoms with Gasteiger partial charge in [-0.25, -0.2) is 9.78 Å². The summed E-state index contributed by atoms with van der Waals surface area (Å²) in [6, 6.07) is 7.86. The first-order valence-electron chi connectivity index (χ1n) is 10.3. The van der Waals surface area contributed by atoms with E-state index in [9.17, 15) is 24.7 Å². The van der Waals surface area contributed by atoms with Crippen LogP contribution in [0.3, 0.4) is 0 Å². The molecule has 7 N–H and O–H groups in total. The fraction of sp³-hybridized carbons (Fsp3) is 0.500. The maximum absolute atomic E-state index is 11.9. The minimum Gasteiger partial charge on any atom is -0.445 e. The minimum atomic E-state index is -4.35. The molecular formula is C20H28N3O9P. The number of nitrogens with one attached hydrogen (secondary N) is 2. The van der Waals surface area contributed by atoms with Gasteiger partial charge in [-0.15, -0.1) is 0 Å². The number of aromatic nitrogens is 1. The molecule has 0 saturated carbocycles. The summed E-state index contributed by atoms with van der Waals surface area (Å²) in [5, 5.41) is 36.5. The number of ether oxygens (including phenoxy) is 2. The third-order valence-electron chi connectivity index (χ3n) is 4.95. The van der Waals surface area contributed by atoms with Gasteiger partial charge in [0, 0.05) is 23.2 Å². The lowest BCUT2D eigenvalue weighted by Gasteiger charge is -2.40. The van der Waals surface area contributed by atoms with Crippen molar-refractivity contribution in [3.05, 3.63) is 30.3 Å². The molecule has 5 atom stereocenters. The molecular weight excluding hydrogens is 457 g/mol.